The number of halogens is 5. The van der Waals surface area contributed by atoms with Gasteiger partial charge < -0.3 is 0 Å². The number of rotatable bonds is 3. The van der Waals surface area contributed by atoms with Crippen LogP contribution in [0, 0.1) is 24.4 Å². The van der Waals surface area contributed by atoms with Gasteiger partial charge in [0.15, 0.2) is 29.0 Å². The van der Waals surface area contributed by atoms with E-state index in [0.29, 0.717) is 23.5 Å². The second-order valence-electron chi connectivity index (χ2n) is 5.19. The number of benzene rings is 2. The van der Waals surface area contributed by atoms with E-state index >= 15 is 0 Å². The third-order valence-corrected chi connectivity index (χ3v) is 3.19. The first-order valence-corrected chi connectivity index (χ1v) is 7.31. The molecule has 0 spiro atoms. The van der Waals surface area contributed by atoms with Crippen molar-refractivity contribution in [1.29, 1.82) is 0 Å². The van der Waals surface area contributed by atoms with Crippen LogP contribution in [0.2, 0.25) is 0 Å². The van der Waals surface area contributed by atoms with Crippen LogP contribution >= 0.6 is 0 Å². The van der Waals surface area contributed by atoms with Crippen LogP contribution in [0.5, 0.6) is 5.75 Å². The van der Waals surface area contributed by atoms with Crippen molar-refractivity contribution >= 4 is 0 Å². The summed E-state index contributed by atoms with van der Waals surface area (Å²) in [4.78, 5) is 11.4. The first-order chi connectivity index (χ1) is 12.4. The Balaban J connectivity index is 0.000000197. The minimum absolute atomic E-state index is 0.401. The van der Waals surface area contributed by atoms with Crippen LogP contribution in [0.25, 0.3) is 11.4 Å². The van der Waals surface area contributed by atoms with E-state index in [1.54, 1.807) is 24.5 Å². The van der Waals surface area contributed by atoms with E-state index in [0.717, 1.165) is 11.1 Å². The Kier molecular flexibility index (Phi) is 6.60. The van der Waals surface area contributed by atoms with Gasteiger partial charge in [-0.1, -0.05) is 24.3 Å². The SMILES string of the molecule is Cc1cnc(-c2ccc(CF)cc2)nc1.FOc1cc(F)c(F)c(F)c1. The molecule has 0 aliphatic heterocycles. The second kappa shape index (κ2) is 8.89. The minimum atomic E-state index is -1.65. The zero-order valence-corrected chi connectivity index (χ0v) is 13.5. The predicted octanol–water partition coefficient (Wildman–Crippen LogP) is 5.29. The summed E-state index contributed by atoms with van der Waals surface area (Å²) in [5.74, 6) is -4.66. The summed E-state index contributed by atoms with van der Waals surface area (Å²) in [6.45, 7) is 1.50. The fourth-order valence-corrected chi connectivity index (χ4v) is 1.86. The molecule has 0 unspecified atom stereocenters. The van der Waals surface area contributed by atoms with Gasteiger partial charge in [0.05, 0.1) is 0 Å². The molecule has 1 aromatic heterocycles. The van der Waals surface area contributed by atoms with Crippen LogP contribution in [-0.2, 0) is 6.67 Å². The highest BCUT2D eigenvalue weighted by Crippen LogP contribution is 2.19. The maximum atomic E-state index is 12.3. The lowest BCUT2D eigenvalue weighted by Crippen LogP contribution is -1.90. The van der Waals surface area contributed by atoms with Gasteiger partial charge in [0, 0.05) is 34.6 Å². The average Bonchev–Trinajstić information content (AvgIpc) is 2.67. The summed E-state index contributed by atoms with van der Waals surface area (Å²) in [5, 5.41) is 0. The van der Waals surface area contributed by atoms with Crippen molar-refractivity contribution in [2.45, 2.75) is 13.6 Å². The number of nitrogens with zero attached hydrogens (tertiary/aromatic N) is 2. The molecule has 0 aliphatic carbocycles. The third-order valence-electron chi connectivity index (χ3n) is 3.19. The van der Waals surface area contributed by atoms with E-state index in [9.17, 15) is 22.1 Å². The summed E-state index contributed by atoms with van der Waals surface area (Å²) in [7, 11) is 0. The molecule has 3 aromatic rings. The van der Waals surface area contributed by atoms with Crippen LogP contribution < -0.4 is 4.94 Å². The summed E-state index contributed by atoms with van der Waals surface area (Å²) >= 11 is 0. The molecule has 0 fully saturated rings. The minimum Gasteiger partial charge on any atom is -0.294 e. The molecule has 8 heteroatoms. The van der Waals surface area contributed by atoms with E-state index in [1.807, 2.05) is 19.1 Å². The summed E-state index contributed by atoms with van der Waals surface area (Å²) in [6, 6.07) is 7.97. The number of hydrogen-bond acceptors (Lipinski definition) is 3. The molecule has 0 atom stereocenters. The van der Waals surface area contributed by atoms with E-state index in [1.165, 1.54) is 0 Å². The molecule has 26 heavy (non-hydrogen) atoms. The molecule has 0 N–H and O–H groups in total. The lowest BCUT2D eigenvalue weighted by atomic mass is 10.1. The average molecular weight is 368 g/mol. The van der Waals surface area contributed by atoms with Gasteiger partial charge in [0.25, 0.3) is 0 Å². The molecular formula is C18H13F5N2O. The molecule has 3 rings (SSSR count). The first kappa shape index (κ1) is 19.3. The number of hydrogen-bond donors (Lipinski definition) is 0. The van der Waals surface area contributed by atoms with Crippen molar-refractivity contribution in [1.82, 2.24) is 9.97 Å². The normalized spacial score (nSPS) is 10.1. The lowest BCUT2D eigenvalue weighted by Gasteiger charge is -2.00. The Bertz CT molecular complexity index is 831. The molecule has 0 aliphatic rings. The Morgan fingerprint density at radius 1 is 0.923 bits per heavy atom. The van der Waals surface area contributed by atoms with Gasteiger partial charge in [-0.2, -0.15) is 0 Å². The van der Waals surface area contributed by atoms with Crippen LogP contribution in [0.1, 0.15) is 11.1 Å². The highest BCUT2D eigenvalue weighted by Gasteiger charge is 2.11. The molecule has 0 saturated carbocycles. The molecule has 0 bridgehead atoms. The van der Waals surface area contributed by atoms with Crippen LogP contribution in [-0.4, -0.2) is 9.97 Å². The van der Waals surface area contributed by atoms with Crippen molar-refractivity contribution < 1.29 is 27.0 Å². The molecule has 2 aromatic carbocycles. The van der Waals surface area contributed by atoms with E-state index in [2.05, 4.69) is 14.9 Å². The van der Waals surface area contributed by atoms with Gasteiger partial charge in [-0.15, -0.1) is 0 Å². The number of alkyl halides is 1. The molecule has 0 radical (unpaired) electrons. The Morgan fingerprint density at radius 3 is 1.92 bits per heavy atom. The van der Waals surface area contributed by atoms with Gasteiger partial charge in [0.2, 0.25) is 0 Å². The van der Waals surface area contributed by atoms with Crippen molar-refractivity contribution in [2.24, 2.45) is 0 Å². The topological polar surface area (TPSA) is 35.0 Å². The lowest BCUT2D eigenvalue weighted by molar-refractivity contribution is -0.00711. The van der Waals surface area contributed by atoms with Crippen molar-refractivity contribution in [3.8, 4) is 17.1 Å². The van der Waals surface area contributed by atoms with E-state index in [-0.39, 0.29) is 0 Å². The highest BCUT2D eigenvalue weighted by molar-refractivity contribution is 5.54. The van der Waals surface area contributed by atoms with Gasteiger partial charge in [-0.05, 0) is 18.1 Å². The van der Waals surface area contributed by atoms with Gasteiger partial charge in [-0.25, -0.2) is 27.5 Å². The molecule has 3 nitrogen and oxygen atoms in total. The van der Waals surface area contributed by atoms with E-state index < -0.39 is 29.9 Å². The Morgan fingerprint density at radius 2 is 1.46 bits per heavy atom. The maximum absolute atomic E-state index is 12.3. The molecule has 136 valence electrons. The second-order valence-corrected chi connectivity index (χ2v) is 5.19. The van der Waals surface area contributed by atoms with Crippen LogP contribution in [0.4, 0.5) is 22.1 Å². The van der Waals surface area contributed by atoms with Crippen molar-refractivity contribution in [3.05, 3.63) is 77.4 Å². The molecule has 0 saturated heterocycles. The fourth-order valence-electron chi connectivity index (χ4n) is 1.86. The smallest absolute Gasteiger partial charge is 0.194 e. The zero-order chi connectivity index (χ0) is 19.1. The Labute approximate surface area is 146 Å². The molecule has 1 heterocycles. The van der Waals surface area contributed by atoms with E-state index in [4.69, 9.17) is 0 Å². The first-order valence-electron chi connectivity index (χ1n) is 7.31. The van der Waals surface area contributed by atoms with Crippen molar-refractivity contribution in [2.75, 3.05) is 0 Å². The molecule has 0 amide bonds. The van der Waals surface area contributed by atoms with Gasteiger partial charge in [-0.3, -0.25) is 4.94 Å². The van der Waals surface area contributed by atoms with Crippen LogP contribution in [0.3, 0.4) is 0 Å². The van der Waals surface area contributed by atoms with Crippen LogP contribution in [0.15, 0.2) is 48.8 Å². The zero-order valence-electron chi connectivity index (χ0n) is 13.5. The third kappa shape index (κ3) is 4.98. The predicted molar refractivity (Wildman–Crippen MR) is 85.1 cm³/mol. The van der Waals surface area contributed by atoms with Gasteiger partial charge in [0.1, 0.15) is 6.67 Å². The van der Waals surface area contributed by atoms with Gasteiger partial charge >= 0.3 is 0 Å². The monoisotopic (exact) mass is 368 g/mol. The summed E-state index contributed by atoms with van der Waals surface area (Å²) in [5.41, 5.74) is 2.61. The quantitative estimate of drug-likeness (QED) is 0.466. The van der Waals surface area contributed by atoms with Crippen molar-refractivity contribution in [3.63, 3.8) is 0 Å². The molecular weight excluding hydrogens is 355 g/mol. The summed E-state index contributed by atoms with van der Waals surface area (Å²) < 4.78 is 60.0. The standard InChI is InChI=1S/C12H11FN2.C6H2F4O/c1-9-7-14-12(15-8-9)11-4-2-10(6-13)3-5-11;7-4-1-3(11-10)2-5(8)6(4)9/h2-5,7-8H,6H2,1H3;1-2H. The largest absolute Gasteiger partial charge is 0.294 e. The summed E-state index contributed by atoms with van der Waals surface area (Å²) in [6.07, 6.45) is 3.54. The fraction of sp³-hybridized carbons (Fsp3) is 0.111. The Hall–Kier alpha value is -3.03. The number of aryl methyl sites for hydroxylation is 1. The highest BCUT2D eigenvalue weighted by atomic mass is 19.3. The maximum Gasteiger partial charge on any atom is 0.194 e. The number of aromatic nitrogens is 2.